The zero-order chi connectivity index (χ0) is 26.1. The molecule has 2 N–H and O–H groups in total. The fraction of sp³-hybridized carbons (Fsp3) is 0.240. The number of halogens is 1. The van der Waals surface area contributed by atoms with Gasteiger partial charge in [0.05, 0.1) is 28.0 Å². The molecule has 182 valence electrons. The SMILES string of the molecule is C=C(NC(C)C)C(=O)N(CC(=O)NCc1ccc(C#N)cc1)/C(=C(\C)Cl)c1cccc([N+](=O)[O-])c1. The van der Waals surface area contributed by atoms with Crippen molar-refractivity contribution in [1.82, 2.24) is 15.5 Å². The monoisotopic (exact) mass is 495 g/mol. The number of carbonyl (C=O) groups is 2. The second-order valence-corrected chi connectivity index (χ2v) is 8.51. The van der Waals surface area contributed by atoms with Gasteiger partial charge in [0.25, 0.3) is 11.6 Å². The van der Waals surface area contributed by atoms with Crippen molar-refractivity contribution in [2.24, 2.45) is 0 Å². The minimum absolute atomic E-state index is 0.0424. The van der Waals surface area contributed by atoms with Crippen molar-refractivity contribution in [2.45, 2.75) is 33.4 Å². The number of nitriles is 1. The van der Waals surface area contributed by atoms with Crippen LogP contribution in [0.1, 0.15) is 37.5 Å². The maximum absolute atomic E-state index is 13.3. The third-order valence-corrected chi connectivity index (χ3v) is 4.95. The summed E-state index contributed by atoms with van der Waals surface area (Å²) >= 11 is 6.35. The third-order valence-electron chi connectivity index (χ3n) is 4.77. The molecule has 0 bridgehead atoms. The van der Waals surface area contributed by atoms with Crippen molar-refractivity contribution in [1.29, 1.82) is 5.26 Å². The molecule has 0 fully saturated rings. The largest absolute Gasteiger partial charge is 0.379 e. The Morgan fingerprint density at radius 1 is 1.23 bits per heavy atom. The van der Waals surface area contributed by atoms with Crippen LogP contribution < -0.4 is 10.6 Å². The number of amides is 2. The van der Waals surface area contributed by atoms with Crippen molar-refractivity contribution in [2.75, 3.05) is 6.54 Å². The first kappa shape index (κ1) is 27.1. The predicted molar refractivity (Wildman–Crippen MR) is 134 cm³/mol. The molecule has 0 radical (unpaired) electrons. The van der Waals surface area contributed by atoms with E-state index in [-0.39, 0.29) is 34.7 Å². The summed E-state index contributed by atoms with van der Waals surface area (Å²) in [5.41, 5.74) is 1.58. The van der Waals surface area contributed by atoms with Gasteiger partial charge in [0.15, 0.2) is 0 Å². The summed E-state index contributed by atoms with van der Waals surface area (Å²) in [4.78, 5) is 38.1. The molecule has 2 amide bonds. The van der Waals surface area contributed by atoms with E-state index in [2.05, 4.69) is 17.2 Å². The van der Waals surface area contributed by atoms with Gasteiger partial charge in [-0.3, -0.25) is 24.6 Å². The maximum Gasteiger partial charge on any atom is 0.274 e. The van der Waals surface area contributed by atoms with Crippen molar-refractivity contribution in [3.63, 3.8) is 0 Å². The van der Waals surface area contributed by atoms with Crippen LogP contribution in [-0.4, -0.2) is 34.2 Å². The standard InChI is InChI=1S/C25H26ClN5O4/c1-16(2)29-18(4)25(33)30(15-23(32)28-14-20-10-8-19(13-27)9-11-20)24(17(3)26)21-6-5-7-22(12-21)31(34)35/h5-12,16,29H,4,14-15H2,1-3H3,(H,28,32)/b24-17+. The first-order chi connectivity index (χ1) is 16.5. The van der Waals surface area contributed by atoms with Gasteiger partial charge in [-0.2, -0.15) is 5.26 Å². The topological polar surface area (TPSA) is 128 Å². The van der Waals surface area contributed by atoms with E-state index in [0.29, 0.717) is 11.1 Å². The number of nitrogens with zero attached hydrogens (tertiary/aromatic N) is 3. The molecule has 0 heterocycles. The minimum atomic E-state index is -0.603. The second kappa shape index (κ2) is 12.3. The van der Waals surface area contributed by atoms with Gasteiger partial charge in [0.1, 0.15) is 6.54 Å². The van der Waals surface area contributed by atoms with Crippen LogP contribution in [0.3, 0.4) is 0 Å². The summed E-state index contributed by atoms with van der Waals surface area (Å²) in [6.07, 6.45) is 0. The quantitative estimate of drug-likeness (QED) is 0.290. The molecular weight excluding hydrogens is 470 g/mol. The van der Waals surface area contributed by atoms with Crippen molar-refractivity contribution in [3.05, 3.63) is 92.6 Å². The molecule has 0 aliphatic rings. The van der Waals surface area contributed by atoms with Gasteiger partial charge in [-0.1, -0.05) is 42.4 Å². The van der Waals surface area contributed by atoms with E-state index in [1.54, 1.807) is 30.3 Å². The molecule has 0 aliphatic heterocycles. The van der Waals surface area contributed by atoms with Gasteiger partial charge in [-0.15, -0.1) is 0 Å². The van der Waals surface area contributed by atoms with Crippen LogP contribution in [0.5, 0.6) is 0 Å². The Kier molecular flexibility index (Phi) is 9.55. The number of nitro groups is 1. The maximum atomic E-state index is 13.3. The Labute approximate surface area is 208 Å². The highest BCUT2D eigenvalue weighted by Crippen LogP contribution is 2.29. The van der Waals surface area contributed by atoms with Gasteiger partial charge < -0.3 is 10.6 Å². The lowest BCUT2D eigenvalue weighted by Gasteiger charge is -2.27. The molecule has 0 unspecified atom stereocenters. The van der Waals surface area contributed by atoms with Gasteiger partial charge in [0.2, 0.25) is 5.91 Å². The van der Waals surface area contributed by atoms with Gasteiger partial charge >= 0.3 is 0 Å². The highest BCUT2D eigenvalue weighted by molar-refractivity contribution is 6.32. The molecule has 0 saturated heterocycles. The van der Waals surface area contributed by atoms with Crippen molar-refractivity contribution < 1.29 is 14.5 Å². The minimum Gasteiger partial charge on any atom is -0.379 e. The Hall–Kier alpha value is -4.16. The summed E-state index contributed by atoms with van der Waals surface area (Å²) in [7, 11) is 0. The Morgan fingerprint density at radius 3 is 2.43 bits per heavy atom. The number of rotatable bonds is 10. The molecule has 0 aliphatic carbocycles. The molecule has 0 aromatic heterocycles. The molecule has 2 aromatic rings. The summed E-state index contributed by atoms with van der Waals surface area (Å²) in [5.74, 6) is -1.09. The van der Waals surface area contributed by atoms with Crippen molar-refractivity contribution in [3.8, 4) is 6.07 Å². The number of hydrogen-bond acceptors (Lipinski definition) is 6. The summed E-state index contributed by atoms with van der Waals surface area (Å²) in [6.45, 7) is 8.74. The molecule has 0 saturated carbocycles. The number of hydrogen-bond donors (Lipinski definition) is 2. The number of carbonyl (C=O) groups excluding carboxylic acids is 2. The van der Waals surface area contributed by atoms with Crippen LogP contribution in [0, 0.1) is 21.4 Å². The predicted octanol–water partition coefficient (Wildman–Crippen LogP) is 4.05. The molecular formula is C25H26ClN5O4. The number of allylic oxidation sites excluding steroid dienone is 1. The third kappa shape index (κ3) is 7.69. The van der Waals surface area contributed by atoms with E-state index in [0.717, 1.165) is 10.5 Å². The van der Waals surface area contributed by atoms with E-state index in [9.17, 15) is 19.7 Å². The summed E-state index contributed by atoms with van der Waals surface area (Å²) in [6, 6.07) is 14.3. The smallest absolute Gasteiger partial charge is 0.274 e. The van der Waals surface area contributed by atoms with E-state index < -0.39 is 23.3 Å². The van der Waals surface area contributed by atoms with Crippen LogP contribution in [-0.2, 0) is 16.1 Å². The van der Waals surface area contributed by atoms with E-state index in [1.165, 1.54) is 25.1 Å². The first-order valence-corrected chi connectivity index (χ1v) is 11.1. The number of benzene rings is 2. The molecule has 0 spiro atoms. The molecule has 2 rings (SSSR count). The van der Waals surface area contributed by atoms with Gasteiger partial charge in [-0.05, 0) is 38.5 Å². The molecule has 10 heteroatoms. The van der Waals surface area contributed by atoms with Gasteiger partial charge in [0, 0.05) is 35.3 Å². The molecule has 0 atom stereocenters. The van der Waals surface area contributed by atoms with E-state index in [1.807, 2.05) is 19.9 Å². The van der Waals surface area contributed by atoms with E-state index >= 15 is 0 Å². The van der Waals surface area contributed by atoms with Gasteiger partial charge in [-0.25, -0.2) is 0 Å². The fourth-order valence-electron chi connectivity index (χ4n) is 3.23. The zero-order valence-corrected chi connectivity index (χ0v) is 20.4. The van der Waals surface area contributed by atoms with Crippen LogP contribution in [0.2, 0.25) is 0 Å². The Bertz CT molecular complexity index is 1200. The highest BCUT2D eigenvalue weighted by Gasteiger charge is 2.27. The lowest BCUT2D eigenvalue weighted by atomic mass is 10.1. The van der Waals surface area contributed by atoms with Crippen LogP contribution in [0.4, 0.5) is 5.69 Å². The Balaban J connectivity index is 2.36. The van der Waals surface area contributed by atoms with Crippen LogP contribution in [0.15, 0.2) is 65.8 Å². The normalized spacial score (nSPS) is 11.2. The van der Waals surface area contributed by atoms with Crippen molar-refractivity contribution >= 4 is 34.8 Å². The Morgan fingerprint density at radius 2 is 1.89 bits per heavy atom. The zero-order valence-electron chi connectivity index (χ0n) is 19.7. The average molecular weight is 496 g/mol. The summed E-state index contributed by atoms with van der Waals surface area (Å²) < 4.78 is 0. The second-order valence-electron chi connectivity index (χ2n) is 7.94. The first-order valence-electron chi connectivity index (χ1n) is 10.7. The molecule has 2 aromatic carbocycles. The lowest BCUT2D eigenvalue weighted by molar-refractivity contribution is -0.384. The molecule has 9 nitrogen and oxygen atoms in total. The fourth-order valence-corrected chi connectivity index (χ4v) is 3.44. The molecule has 35 heavy (non-hydrogen) atoms. The van der Waals surface area contributed by atoms with Crippen LogP contribution in [0.25, 0.3) is 5.70 Å². The highest BCUT2D eigenvalue weighted by atomic mass is 35.5. The number of nitro benzene ring substituents is 1. The van der Waals surface area contributed by atoms with Crippen LogP contribution >= 0.6 is 11.6 Å². The number of nitrogens with one attached hydrogen (secondary N) is 2. The average Bonchev–Trinajstić information content (AvgIpc) is 2.81. The van der Waals surface area contributed by atoms with E-state index in [4.69, 9.17) is 16.9 Å². The number of non-ortho nitro benzene ring substituents is 1. The lowest BCUT2D eigenvalue weighted by Crippen LogP contribution is -2.43. The summed E-state index contributed by atoms with van der Waals surface area (Å²) in [5, 5.41) is 26.0.